The summed E-state index contributed by atoms with van der Waals surface area (Å²) < 4.78 is 118. The average molecular weight is 1650 g/mol. The SMILES string of the molecule is CC(C)=O.Cc1cc(C)[n-]n1.Cc1cc(C)[n-]n1.Cc1cc(C)[n-]n1.Cc1cc(C)[n-]n1.F[P-](F)(F)(F)(F)F.F[P-](F)(F)(F)(F)F.[Ag+].[Ag+].[Pt+2].[Pt+2].c1ccc(-c2ccccn2)nc1.c1ccc(-c2ccccn2)nc1. The number of hydrogen-bond donors (Lipinski definition) is 0. The van der Waals surface area contributed by atoms with Crippen molar-refractivity contribution in [1.82, 2.24) is 60.7 Å². The van der Waals surface area contributed by atoms with Crippen LogP contribution in [0.1, 0.15) is 59.4 Å². The molecule has 0 radical (unpaired) electrons. The Bertz CT molecular complexity index is 2270. The van der Waals surface area contributed by atoms with E-state index in [0.29, 0.717) is 0 Å². The van der Waals surface area contributed by atoms with Crippen LogP contribution < -0.4 is 20.4 Å². The van der Waals surface area contributed by atoms with Gasteiger partial charge in [0.2, 0.25) is 0 Å². The zero-order valence-corrected chi connectivity index (χ0v) is 49.8. The van der Waals surface area contributed by atoms with E-state index in [9.17, 15) is 55.2 Å². The van der Waals surface area contributed by atoms with Crippen LogP contribution in [0.25, 0.3) is 22.8 Å². The smallest absolute Gasteiger partial charge is 0.255 e. The first-order valence-electron chi connectivity index (χ1n) is 19.7. The zero-order valence-electron chi connectivity index (χ0n) is 40.5. The fourth-order valence-electron chi connectivity index (χ4n) is 4.13. The van der Waals surface area contributed by atoms with Crippen LogP contribution in [0.15, 0.2) is 122 Å². The second-order valence-electron chi connectivity index (χ2n) is 14.2. The number of nitrogens with zero attached hydrogens (tertiary/aromatic N) is 12. The molecule has 8 heterocycles. The third-order valence-electron chi connectivity index (χ3n) is 6.32. The fraction of sp³-hybridized carbons (Fsp3) is 0.233. The Morgan fingerprint density at radius 3 is 0.581 bits per heavy atom. The largest absolute Gasteiger partial charge is 2.00 e. The minimum absolute atomic E-state index is 0. The Morgan fingerprint density at radius 1 is 0.365 bits per heavy atom. The van der Waals surface area contributed by atoms with Gasteiger partial charge in [-0.25, -0.2) is 0 Å². The number of ketones is 1. The summed E-state index contributed by atoms with van der Waals surface area (Å²) in [5.41, 5.74) is 11.6. The molecule has 0 aromatic carbocycles. The summed E-state index contributed by atoms with van der Waals surface area (Å²) in [7, 11) is -21.3. The first-order valence-corrected chi connectivity index (χ1v) is 23.8. The number of Topliss-reactive ketones (excluding diaryl/α,β-unsaturated/α-hetero) is 1. The molecule has 0 bridgehead atoms. The van der Waals surface area contributed by atoms with Crippen molar-refractivity contribution in [2.75, 3.05) is 0 Å². The van der Waals surface area contributed by atoms with Crippen LogP contribution in [0.3, 0.4) is 0 Å². The molecular formula is C43H50Ag2F12N12OP2Pt2. The molecule has 0 unspecified atom stereocenters. The molecule has 0 N–H and O–H groups in total. The van der Waals surface area contributed by atoms with Gasteiger partial charge in [0.25, 0.3) is 0 Å². The van der Waals surface area contributed by atoms with Crippen molar-refractivity contribution < 1.29 is 142 Å². The Hall–Kier alpha value is -4.01. The van der Waals surface area contributed by atoms with E-state index in [1.165, 1.54) is 13.8 Å². The molecule has 0 fully saturated rings. The predicted octanol–water partition coefficient (Wildman–Crippen LogP) is 14.3. The number of aromatic nitrogens is 12. The van der Waals surface area contributed by atoms with Gasteiger partial charge < -0.3 is 45.6 Å². The van der Waals surface area contributed by atoms with Gasteiger partial charge in [0.15, 0.2) is 0 Å². The summed E-state index contributed by atoms with van der Waals surface area (Å²) in [5.74, 6) is 0.167. The standard InChI is InChI=1S/2C10H8N2.4C5H7N2.C3H6O.2Ag.2F6P.2Pt/c2*1-3-7-11-9(5-1)10-6-2-4-8-12-10;4*1-4-3-5(2)7-6-4;1-3(2)4;;;2*1-7(2,3,4,5)6;;/h2*1-8H;4*3H,1-2H3;1-2H3;;;;;;/q;;4*-1;;2*+1;2*-1;2*+2. The zero-order chi connectivity index (χ0) is 53.9. The monoisotopic (exact) mass is 1640 g/mol. The van der Waals surface area contributed by atoms with Crippen molar-refractivity contribution in [2.45, 2.75) is 69.2 Å². The van der Waals surface area contributed by atoms with Gasteiger partial charge in [0.05, 0.1) is 22.8 Å². The predicted molar refractivity (Wildman–Crippen MR) is 247 cm³/mol. The van der Waals surface area contributed by atoms with Gasteiger partial charge in [0, 0.05) is 47.6 Å². The number of carbonyl (C=O) groups is 1. The van der Waals surface area contributed by atoms with Crippen LogP contribution in [-0.4, -0.2) is 46.1 Å². The van der Waals surface area contributed by atoms with Crippen molar-refractivity contribution in [3.05, 3.63) is 167 Å². The fourth-order valence-corrected chi connectivity index (χ4v) is 4.13. The third kappa shape index (κ3) is 58.9. The molecule has 0 aliphatic carbocycles. The number of aryl methyl sites for hydroxylation is 8. The van der Waals surface area contributed by atoms with Crippen LogP contribution in [0.4, 0.5) is 50.4 Å². The first-order chi connectivity index (χ1) is 31.7. The topological polar surface area (TPSA) is 177 Å². The quantitative estimate of drug-likeness (QED) is 0.0908. The maximum Gasteiger partial charge on any atom is 2.00 e. The maximum atomic E-state index is 9.87. The normalized spacial score (nSPS) is 11.4. The van der Waals surface area contributed by atoms with Crippen molar-refractivity contribution in [2.24, 2.45) is 0 Å². The number of hydrogen-bond acceptors (Lipinski definition) is 9. The van der Waals surface area contributed by atoms with Crippen LogP contribution in [0.5, 0.6) is 0 Å². The van der Waals surface area contributed by atoms with E-state index in [-0.39, 0.29) is 92.7 Å². The Labute approximate surface area is 480 Å². The van der Waals surface area contributed by atoms with Crippen LogP contribution >= 0.6 is 15.6 Å². The van der Waals surface area contributed by atoms with Crippen LogP contribution in [0.2, 0.25) is 0 Å². The Kier molecular flexibility index (Phi) is 36.1. The van der Waals surface area contributed by atoms with E-state index in [1.807, 2.05) is 152 Å². The molecule has 8 rings (SSSR count). The maximum absolute atomic E-state index is 10.7. The van der Waals surface area contributed by atoms with E-state index in [1.54, 1.807) is 24.8 Å². The molecule has 0 saturated heterocycles. The number of carbonyl (C=O) groups excluding carboxylic acids is 1. The minimum Gasteiger partial charge on any atom is -0.255 e. The minimum atomic E-state index is -10.7. The van der Waals surface area contributed by atoms with Gasteiger partial charge in [-0.2, -0.15) is 0 Å². The van der Waals surface area contributed by atoms with E-state index in [4.69, 9.17) is 0 Å². The number of halogens is 12. The molecule has 0 aliphatic heterocycles. The Balaban J connectivity index is -0.000000244. The molecule has 8 aromatic heterocycles. The average Bonchev–Trinajstić information content (AvgIpc) is 4.03. The van der Waals surface area contributed by atoms with Crippen LogP contribution in [-0.2, 0) is 91.7 Å². The molecular weight excluding hydrogens is 1600 g/mol. The van der Waals surface area contributed by atoms with Gasteiger partial charge in [-0.05, 0) is 90.1 Å². The summed E-state index contributed by atoms with van der Waals surface area (Å²) in [6, 6.07) is 31.0. The van der Waals surface area contributed by atoms with E-state index >= 15 is 0 Å². The number of rotatable bonds is 2. The summed E-state index contributed by atoms with van der Waals surface area (Å²) in [4.78, 5) is 26.2. The summed E-state index contributed by atoms with van der Waals surface area (Å²) in [6.45, 7) is 18.5. The molecule has 31 heteroatoms. The molecule has 74 heavy (non-hydrogen) atoms. The molecule has 0 atom stereocenters. The second-order valence-corrected chi connectivity index (χ2v) is 18.0. The van der Waals surface area contributed by atoms with Gasteiger partial charge >= 0.3 is 153 Å². The number of pyridine rings is 4. The summed E-state index contributed by atoms with van der Waals surface area (Å²) >= 11 is 0. The van der Waals surface area contributed by atoms with Crippen molar-refractivity contribution in [3.8, 4) is 22.8 Å². The third-order valence-corrected chi connectivity index (χ3v) is 6.32. The molecule has 0 spiro atoms. The van der Waals surface area contributed by atoms with Gasteiger partial charge in [-0.3, -0.25) is 19.9 Å². The Morgan fingerprint density at radius 2 is 0.514 bits per heavy atom. The molecule has 13 nitrogen and oxygen atoms in total. The second kappa shape index (κ2) is 33.9. The molecule has 8 aromatic rings. The van der Waals surface area contributed by atoms with E-state index in [0.717, 1.165) is 68.3 Å². The molecule has 424 valence electrons. The van der Waals surface area contributed by atoms with Crippen LogP contribution in [0, 0.1) is 55.4 Å². The van der Waals surface area contributed by atoms with Gasteiger partial charge in [-0.1, -0.05) is 76.2 Å². The molecule has 0 amide bonds. The van der Waals surface area contributed by atoms with E-state index < -0.39 is 15.6 Å². The van der Waals surface area contributed by atoms with Crippen molar-refractivity contribution in [1.29, 1.82) is 0 Å². The van der Waals surface area contributed by atoms with E-state index in [2.05, 4.69) is 60.7 Å². The summed E-state index contributed by atoms with van der Waals surface area (Å²) in [5, 5.41) is 30.1. The summed E-state index contributed by atoms with van der Waals surface area (Å²) in [6.07, 6.45) is 7.07. The van der Waals surface area contributed by atoms with Gasteiger partial charge in [-0.15, -0.1) is 22.8 Å². The molecule has 0 saturated carbocycles. The van der Waals surface area contributed by atoms with Gasteiger partial charge in [0.1, 0.15) is 5.78 Å². The molecule has 0 aliphatic rings. The first kappa shape index (κ1) is 78.9. The van der Waals surface area contributed by atoms with Crippen molar-refractivity contribution >= 4 is 21.4 Å². The van der Waals surface area contributed by atoms with Crippen molar-refractivity contribution in [3.63, 3.8) is 0 Å².